The Morgan fingerprint density at radius 2 is 1.95 bits per heavy atom. The maximum absolute atomic E-state index is 11.6. The van der Waals surface area contributed by atoms with E-state index in [0.717, 1.165) is 26.2 Å². The average molecular weight is 272 g/mol. The molecule has 1 spiro atoms. The van der Waals surface area contributed by atoms with Crippen molar-refractivity contribution in [2.75, 3.05) is 26.2 Å². The Hall–Kier alpha value is -1.35. The maximum atomic E-state index is 11.6. The molecular formula is C17H24N2O. The van der Waals surface area contributed by atoms with Crippen molar-refractivity contribution in [2.45, 2.75) is 32.7 Å². The summed E-state index contributed by atoms with van der Waals surface area (Å²) in [6.07, 6.45) is 3.68. The fraction of sp³-hybridized carbons (Fsp3) is 0.588. The normalized spacial score (nSPS) is 27.1. The first kappa shape index (κ1) is 13.6. The third kappa shape index (κ3) is 2.88. The summed E-state index contributed by atoms with van der Waals surface area (Å²) in [6, 6.07) is 10.7. The first-order chi connectivity index (χ1) is 9.67. The molecule has 2 aliphatic rings. The van der Waals surface area contributed by atoms with E-state index in [2.05, 4.69) is 40.1 Å². The molecule has 0 unspecified atom stereocenters. The summed E-state index contributed by atoms with van der Waals surface area (Å²) < 4.78 is 0. The number of piperidine rings is 1. The maximum Gasteiger partial charge on any atom is 0.219 e. The number of likely N-dealkylation sites (tertiary alicyclic amines) is 2. The predicted octanol–water partition coefficient (Wildman–Crippen LogP) is 2.52. The summed E-state index contributed by atoms with van der Waals surface area (Å²) in [5.74, 6) is 0.241. The summed E-state index contributed by atoms with van der Waals surface area (Å²) in [5.41, 5.74) is 1.75. The molecule has 3 nitrogen and oxygen atoms in total. The zero-order valence-corrected chi connectivity index (χ0v) is 12.3. The number of hydrogen-bond donors (Lipinski definition) is 0. The van der Waals surface area contributed by atoms with Gasteiger partial charge in [-0.05, 0) is 31.4 Å². The average Bonchev–Trinajstić information content (AvgIpc) is 2.82. The van der Waals surface area contributed by atoms with E-state index in [0.29, 0.717) is 5.41 Å². The molecule has 0 radical (unpaired) electrons. The van der Waals surface area contributed by atoms with Gasteiger partial charge in [0.15, 0.2) is 0 Å². The van der Waals surface area contributed by atoms with E-state index in [1.807, 2.05) is 0 Å². The van der Waals surface area contributed by atoms with Gasteiger partial charge in [0.1, 0.15) is 0 Å². The minimum absolute atomic E-state index is 0.241. The smallest absolute Gasteiger partial charge is 0.219 e. The Morgan fingerprint density at radius 3 is 2.70 bits per heavy atom. The first-order valence-corrected chi connectivity index (χ1v) is 7.69. The lowest BCUT2D eigenvalue weighted by atomic mass is 9.79. The second kappa shape index (κ2) is 5.57. The molecule has 0 aliphatic carbocycles. The minimum Gasteiger partial charge on any atom is -0.342 e. The minimum atomic E-state index is 0.241. The van der Waals surface area contributed by atoms with E-state index in [1.54, 1.807) is 6.92 Å². The van der Waals surface area contributed by atoms with E-state index >= 15 is 0 Å². The lowest BCUT2D eigenvalue weighted by Crippen LogP contribution is -2.46. The second-order valence-electron chi connectivity index (χ2n) is 6.49. The molecule has 0 aromatic heterocycles. The summed E-state index contributed by atoms with van der Waals surface area (Å²) in [7, 11) is 0. The molecule has 0 saturated carbocycles. The molecule has 0 bridgehead atoms. The zero-order valence-electron chi connectivity index (χ0n) is 12.3. The fourth-order valence-electron chi connectivity index (χ4n) is 3.81. The van der Waals surface area contributed by atoms with Gasteiger partial charge in [-0.15, -0.1) is 0 Å². The van der Waals surface area contributed by atoms with Gasteiger partial charge in [0.2, 0.25) is 5.91 Å². The third-order valence-electron chi connectivity index (χ3n) is 4.87. The van der Waals surface area contributed by atoms with Crippen LogP contribution in [0.3, 0.4) is 0 Å². The Labute approximate surface area is 121 Å². The van der Waals surface area contributed by atoms with Crippen molar-refractivity contribution in [1.82, 2.24) is 9.80 Å². The third-order valence-corrected chi connectivity index (χ3v) is 4.87. The summed E-state index contributed by atoms with van der Waals surface area (Å²) in [4.78, 5) is 16.2. The van der Waals surface area contributed by atoms with Crippen LogP contribution in [0.25, 0.3) is 0 Å². The predicted molar refractivity (Wildman–Crippen MR) is 80.3 cm³/mol. The van der Waals surface area contributed by atoms with Gasteiger partial charge >= 0.3 is 0 Å². The van der Waals surface area contributed by atoms with Crippen molar-refractivity contribution >= 4 is 5.91 Å². The summed E-state index contributed by atoms with van der Waals surface area (Å²) >= 11 is 0. The van der Waals surface area contributed by atoms with Crippen LogP contribution < -0.4 is 0 Å². The lowest BCUT2D eigenvalue weighted by molar-refractivity contribution is -0.132. The molecule has 2 saturated heterocycles. The van der Waals surface area contributed by atoms with Gasteiger partial charge in [-0.2, -0.15) is 0 Å². The number of carbonyl (C=O) groups is 1. The van der Waals surface area contributed by atoms with Crippen LogP contribution in [0.5, 0.6) is 0 Å². The number of benzene rings is 1. The van der Waals surface area contributed by atoms with Crippen molar-refractivity contribution in [1.29, 1.82) is 0 Å². The summed E-state index contributed by atoms with van der Waals surface area (Å²) in [6.45, 7) is 6.98. The molecule has 3 rings (SSSR count). The first-order valence-electron chi connectivity index (χ1n) is 7.69. The molecule has 2 aliphatic heterocycles. The fourth-order valence-corrected chi connectivity index (χ4v) is 3.81. The van der Waals surface area contributed by atoms with Gasteiger partial charge in [-0.25, -0.2) is 0 Å². The highest BCUT2D eigenvalue weighted by Gasteiger charge is 2.41. The van der Waals surface area contributed by atoms with Gasteiger partial charge in [-0.1, -0.05) is 30.3 Å². The van der Waals surface area contributed by atoms with Crippen LogP contribution in [-0.2, 0) is 11.3 Å². The van der Waals surface area contributed by atoms with E-state index in [1.165, 1.54) is 31.4 Å². The molecule has 1 aromatic rings. The molecule has 20 heavy (non-hydrogen) atoms. The zero-order chi connectivity index (χ0) is 14.0. The SMILES string of the molecule is CC(=O)N1CCC[C@@]2(CCN(Cc3ccccc3)C2)C1. The molecule has 3 heteroatoms. The van der Waals surface area contributed by atoms with E-state index in [-0.39, 0.29) is 5.91 Å². The monoisotopic (exact) mass is 272 g/mol. The standard InChI is InChI=1S/C17H24N2O/c1-15(20)19-10-5-8-17(14-19)9-11-18(13-17)12-16-6-3-2-4-7-16/h2-4,6-7H,5,8-14H2,1H3/t17-/m0/s1. The van der Waals surface area contributed by atoms with Gasteiger partial charge in [0.05, 0.1) is 0 Å². The number of carbonyl (C=O) groups excluding carboxylic acids is 1. The number of rotatable bonds is 2. The van der Waals surface area contributed by atoms with Gasteiger partial charge in [0.25, 0.3) is 0 Å². The van der Waals surface area contributed by atoms with Gasteiger partial charge in [-0.3, -0.25) is 9.69 Å². The topological polar surface area (TPSA) is 23.6 Å². The lowest BCUT2D eigenvalue weighted by Gasteiger charge is -2.40. The van der Waals surface area contributed by atoms with Crippen molar-refractivity contribution in [3.8, 4) is 0 Å². The summed E-state index contributed by atoms with van der Waals surface area (Å²) in [5, 5.41) is 0. The Morgan fingerprint density at radius 1 is 1.15 bits per heavy atom. The van der Waals surface area contributed by atoms with Gasteiger partial charge < -0.3 is 4.90 Å². The van der Waals surface area contributed by atoms with Crippen LogP contribution in [0.4, 0.5) is 0 Å². The van der Waals surface area contributed by atoms with Crippen LogP contribution in [0.1, 0.15) is 31.7 Å². The Kier molecular flexibility index (Phi) is 3.79. The molecule has 2 heterocycles. The molecule has 108 valence electrons. The highest BCUT2D eigenvalue weighted by molar-refractivity contribution is 5.73. The van der Waals surface area contributed by atoms with Crippen molar-refractivity contribution in [3.63, 3.8) is 0 Å². The number of nitrogens with zero attached hydrogens (tertiary/aromatic N) is 2. The van der Waals surface area contributed by atoms with Crippen LogP contribution in [0, 0.1) is 5.41 Å². The number of hydrogen-bond acceptors (Lipinski definition) is 2. The molecular weight excluding hydrogens is 248 g/mol. The van der Waals surface area contributed by atoms with Crippen LogP contribution in [0.15, 0.2) is 30.3 Å². The molecule has 0 N–H and O–H groups in total. The van der Waals surface area contributed by atoms with E-state index in [9.17, 15) is 4.79 Å². The molecule has 1 amide bonds. The Bertz CT molecular complexity index is 473. The van der Waals surface area contributed by atoms with Crippen molar-refractivity contribution < 1.29 is 4.79 Å². The van der Waals surface area contributed by atoms with Crippen molar-refractivity contribution in [3.05, 3.63) is 35.9 Å². The van der Waals surface area contributed by atoms with Crippen LogP contribution >= 0.6 is 0 Å². The highest BCUT2D eigenvalue weighted by Crippen LogP contribution is 2.39. The van der Waals surface area contributed by atoms with E-state index in [4.69, 9.17) is 0 Å². The van der Waals surface area contributed by atoms with Crippen molar-refractivity contribution in [2.24, 2.45) is 5.41 Å². The quantitative estimate of drug-likeness (QED) is 0.826. The largest absolute Gasteiger partial charge is 0.342 e. The van der Waals surface area contributed by atoms with Crippen LogP contribution in [-0.4, -0.2) is 41.9 Å². The molecule has 1 aromatic carbocycles. The second-order valence-corrected chi connectivity index (χ2v) is 6.49. The molecule has 1 atom stereocenters. The number of amides is 1. The van der Waals surface area contributed by atoms with Gasteiger partial charge in [0, 0.05) is 38.5 Å². The molecule has 2 fully saturated rings. The highest BCUT2D eigenvalue weighted by atomic mass is 16.2. The van der Waals surface area contributed by atoms with Crippen LogP contribution in [0.2, 0.25) is 0 Å². The van der Waals surface area contributed by atoms with E-state index < -0.39 is 0 Å². The Balaban J connectivity index is 1.62.